The zero-order chi connectivity index (χ0) is 45.2. The first-order valence-electron chi connectivity index (χ1n) is 24.0. The number of rotatable bonds is 3. The molecule has 4 heteroatoms. The average molecular weight is 869 g/mol. The molecule has 0 saturated carbocycles. The molecular formula is C64H45BN2O. The molecule has 3 heterocycles. The van der Waals surface area contributed by atoms with Crippen LogP contribution in [0.2, 0.25) is 0 Å². The van der Waals surface area contributed by atoms with E-state index in [0.717, 1.165) is 39.0 Å². The quantitative estimate of drug-likeness (QED) is 0.165. The molecule has 0 fully saturated rings. The number of anilines is 5. The van der Waals surface area contributed by atoms with Crippen molar-refractivity contribution in [3.63, 3.8) is 0 Å². The van der Waals surface area contributed by atoms with Gasteiger partial charge in [-0.15, -0.1) is 0 Å². The predicted octanol–water partition coefficient (Wildman–Crippen LogP) is 15.7. The van der Waals surface area contributed by atoms with Gasteiger partial charge < -0.3 is 14.1 Å². The maximum atomic E-state index is 7.26. The van der Waals surface area contributed by atoms with E-state index >= 15 is 0 Å². The lowest BCUT2D eigenvalue weighted by molar-refractivity contribution is 0.660. The van der Waals surface area contributed by atoms with Crippen LogP contribution in [-0.2, 0) is 10.8 Å². The van der Waals surface area contributed by atoms with Crippen LogP contribution in [-0.4, -0.2) is 6.85 Å². The molecule has 0 unspecified atom stereocenters. The number of fused-ring (bicyclic) bond motifs is 15. The van der Waals surface area contributed by atoms with Crippen LogP contribution in [0.25, 0.3) is 77.2 Å². The Labute approximate surface area is 396 Å². The van der Waals surface area contributed by atoms with Crippen molar-refractivity contribution in [3.8, 4) is 44.5 Å². The Kier molecular flexibility index (Phi) is 7.45. The monoisotopic (exact) mass is 868 g/mol. The van der Waals surface area contributed by atoms with Gasteiger partial charge in [-0.2, -0.15) is 0 Å². The number of benzene rings is 10. The van der Waals surface area contributed by atoms with E-state index in [-0.39, 0.29) is 17.7 Å². The minimum absolute atomic E-state index is 0.182. The fourth-order valence-electron chi connectivity index (χ4n) is 12.9. The van der Waals surface area contributed by atoms with Crippen LogP contribution in [0.4, 0.5) is 28.4 Å². The summed E-state index contributed by atoms with van der Waals surface area (Å²) in [4.78, 5) is 5.24. The maximum absolute atomic E-state index is 7.26. The van der Waals surface area contributed by atoms with Gasteiger partial charge >= 0.3 is 6.85 Å². The van der Waals surface area contributed by atoms with Gasteiger partial charge in [0, 0.05) is 49.9 Å². The summed E-state index contributed by atoms with van der Waals surface area (Å²) in [6.07, 6.45) is 0. The molecule has 0 N–H and O–H groups in total. The second kappa shape index (κ2) is 13.3. The summed E-state index contributed by atoms with van der Waals surface area (Å²) < 4.78 is 7.26. The summed E-state index contributed by atoms with van der Waals surface area (Å²) in [7, 11) is 0. The fourth-order valence-corrected chi connectivity index (χ4v) is 12.9. The van der Waals surface area contributed by atoms with E-state index in [1.54, 1.807) is 0 Å². The van der Waals surface area contributed by atoms with Crippen LogP contribution in [0.1, 0.15) is 49.9 Å². The Morgan fingerprint density at radius 2 is 1.01 bits per heavy atom. The van der Waals surface area contributed by atoms with Gasteiger partial charge in [-0.25, -0.2) is 0 Å². The Hall–Kier alpha value is -8.08. The molecule has 0 spiro atoms. The van der Waals surface area contributed by atoms with E-state index in [2.05, 4.69) is 238 Å². The molecule has 68 heavy (non-hydrogen) atoms. The molecule has 2 aliphatic heterocycles. The number of furan rings is 1. The second-order valence-corrected chi connectivity index (χ2v) is 20.4. The van der Waals surface area contributed by atoms with Crippen molar-refractivity contribution in [2.45, 2.75) is 38.5 Å². The average Bonchev–Trinajstić information content (AvgIpc) is 3.95. The first-order valence-corrected chi connectivity index (χ1v) is 24.0. The highest BCUT2D eigenvalue weighted by Gasteiger charge is 2.49. The van der Waals surface area contributed by atoms with Crippen LogP contribution in [0, 0.1) is 0 Å². The highest BCUT2D eigenvalue weighted by Crippen LogP contribution is 2.56. The van der Waals surface area contributed by atoms with Gasteiger partial charge in [0.05, 0.1) is 5.69 Å². The molecule has 2 aliphatic carbocycles. The molecule has 3 nitrogen and oxygen atoms in total. The van der Waals surface area contributed by atoms with Crippen molar-refractivity contribution < 1.29 is 4.42 Å². The van der Waals surface area contributed by atoms with Gasteiger partial charge in [0.2, 0.25) is 0 Å². The summed E-state index contributed by atoms with van der Waals surface area (Å²) in [6, 6.07) is 75.1. The molecule has 0 saturated heterocycles. The van der Waals surface area contributed by atoms with Crippen LogP contribution >= 0.6 is 0 Å². The standard InChI is InChI=1S/C64H45BN2O/c1-63(2)52-23-13-10-20-44(52)46-31-30-43(34-54(46)63)66-58-37-55-48(45-21-11-14-24-53(45)64(55,3)4)36-56(58)65-60-50(35-51-47-22-12-15-25-59(47)68-62(51)61(60)66)49-32-40-18-8-9-19-41(40)33-57(49)67(65)42-28-26-39(27-29-42)38-16-6-5-7-17-38/h5-37H,1-4H3. The van der Waals surface area contributed by atoms with E-state index in [4.69, 9.17) is 4.42 Å². The maximum Gasteiger partial charge on any atom is 0.333 e. The lowest BCUT2D eigenvalue weighted by Gasteiger charge is -2.46. The van der Waals surface area contributed by atoms with Gasteiger partial charge in [-0.1, -0.05) is 173 Å². The molecule has 0 amide bonds. The van der Waals surface area contributed by atoms with Crippen LogP contribution in [0.3, 0.4) is 0 Å². The Morgan fingerprint density at radius 1 is 0.412 bits per heavy atom. The predicted molar refractivity (Wildman–Crippen MR) is 286 cm³/mol. The third kappa shape index (κ3) is 4.94. The van der Waals surface area contributed by atoms with Crippen molar-refractivity contribution in [1.82, 2.24) is 0 Å². The molecular weight excluding hydrogens is 824 g/mol. The molecule has 0 radical (unpaired) electrons. The summed E-state index contributed by atoms with van der Waals surface area (Å²) in [5.74, 6) is 0. The van der Waals surface area contributed by atoms with Gasteiger partial charge in [-0.05, 0) is 137 Å². The Balaban J connectivity index is 1.09. The summed E-state index contributed by atoms with van der Waals surface area (Å²) in [6.45, 7) is 9.38. The fraction of sp³-hybridized carbons (Fsp3) is 0.0938. The zero-order valence-corrected chi connectivity index (χ0v) is 38.4. The molecule has 10 aromatic carbocycles. The number of para-hydroxylation sites is 1. The number of nitrogens with zero attached hydrogens (tertiary/aromatic N) is 2. The van der Waals surface area contributed by atoms with E-state index in [0.29, 0.717) is 0 Å². The van der Waals surface area contributed by atoms with Crippen LogP contribution in [0.15, 0.2) is 205 Å². The summed E-state index contributed by atoms with van der Waals surface area (Å²) in [5, 5.41) is 4.70. The van der Waals surface area contributed by atoms with E-state index in [1.807, 2.05) is 0 Å². The number of hydrogen-bond acceptors (Lipinski definition) is 3. The molecule has 4 aliphatic rings. The first-order chi connectivity index (χ1) is 33.2. The van der Waals surface area contributed by atoms with E-state index in [9.17, 15) is 0 Å². The smallest absolute Gasteiger partial charge is 0.333 e. The van der Waals surface area contributed by atoms with Gasteiger partial charge in [-0.3, -0.25) is 0 Å². The zero-order valence-electron chi connectivity index (χ0n) is 38.4. The minimum atomic E-state index is -0.212. The SMILES string of the molecule is CC1(C)c2ccccc2-c2ccc(N3c4cc5c(cc4B4c6c(cc7c(oc8ccccc87)c63)-c3cc6ccccc6cc3N4c3ccc(-c4ccccc4)cc3)-c3ccccc3C5(C)C)cc21. The first kappa shape index (κ1) is 38.1. The van der Waals surface area contributed by atoms with Crippen molar-refractivity contribution >= 4 is 78.9 Å². The molecule has 0 atom stereocenters. The van der Waals surface area contributed by atoms with Crippen molar-refractivity contribution in [3.05, 3.63) is 222 Å². The van der Waals surface area contributed by atoms with Crippen molar-refractivity contribution in [2.24, 2.45) is 0 Å². The van der Waals surface area contributed by atoms with Gasteiger partial charge in [0.25, 0.3) is 0 Å². The molecule has 320 valence electrons. The van der Waals surface area contributed by atoms with Gasteiger partial charge in [0.1, 0.15) is 5.58 Å². The molecule has 0 bridgehead atoms. The largest absolute Gasteiger partial charge is 0.454 e. The Bertz CT molecular complexity index is 3990. The lowest BCUT2D eigenvalue weighted by Crippen LogP contribution is -2.61. The third-order valence-corrected chi connectivity index (χ3v) is 16.2. The van der Waals surface area contributed by atoms with E-state index < -0.39 is 0 Å². The highest BCUT2D eigenvalue weighted by atomic mass is 16.3. The third-order valence-electron chi connectivity index (χ3n) is 16.2. The molecule has 1 aromatic heterocycles. The lowest BCUT2D eigenvalue weighted by atomic mass is 9.43. The van der Waals surface area contributed by atoms with Crippen molar-refractivity contribution in [2.75, 3.05) is 9.71 Å². The van der Waals surface area contributed by atoms with Crippen LogP contribution in [0.5, 0.6) is 0 Å². The highest BCUT2D eigenvalue weighted by molar-refractivity contribution is 6.94. The summed E-state index contributed by atoms with van der Waals surface area (Å²) in [5.41, 5.74) is 25.3. The van der Waals surface area contributed by atoms with Crippen LogP contribution < -0.4 is 20.6 Å². The second-order valence-electron chi connectivity index (χ2n) is 20.4. The molecule has 15 rings (SSSR count). The molecule has 11 aromatic rings. The van der Waals surface area contributed by atoms with Crippen molar-refractivity contribution in [1.29, 1.82) is 0 Å². The minimum Gasteiger partial charge on any atom is -0.454 e. The normalized spacial score (nSPS) is 15.2. The Morgan fingerprint density at radius 3 is 1.78 bits per heavy atom. The number of hydrogen-bond donors (Lipinski definition) is 0. The summed E-state index contributed by atoms with van der Waals surface area (Å²) >= 11 is 0. The van der Waals surface area contributed by atoms with Gasteiger partial charge in [0.15, 0.2) is 5.58 Å². The topological polar surface area (TPSA) is 19.6 Å². The van der Waals surface area contributed by atoms with E-state index in [1.165, 1.54) is 99.8 Å².